The number of allylic oxidation sites excluding steroid dienone is 4. The zero-order chi connectivity index (χ0) is 36.0. The van der Waals surface area contributed by atoms with Crippen molar-refractivity contribution in [3.05, 3.63) is 112 Å². The van der Waals surface area contributed by atoms with Crippen LogP contribution < -0.4 is 18.9 Å². The summed E-state index contributed by atoms with van der Waals surface area (Å²) < 4.78 is 0. The Morgan fingerprint density at radius 1 is 0.569 bits per heavy atom. The molecule has 285 valence electrons. The summed E-state index contributed by atoms with van der Waals surface area (Å²) >= 11 is -2.95. The molecule has 2 aromatic carbocycles. The van der Waals surface area contributed by atoms with Gasteiger partial charge >= 0.3 is 100 Å². The Kier molecular flexibility index (Phi) is 35.9. The minimum Gasteiger partial charge on any atom is 1.00 e. The van der Waals surface area contributed by atoms with E-state index in [0.29, 0.717) is 11.8 Å². The molecule has 10 atom stereocenters. The molecule has 4 aliphatic rings. The van der Waals surface area contributed by atoms with E-state index in [9.17, 15) is 0 Å². The second kappa shape index (κ2) is 30.8. The number of fused-ring (bicyclic) bond motifs is 2. The average molecular weight is 952 g/mol. The molecule has 8 heteroatoms. The number of hydrogen-bond acceptors (Lipinski definition) is 0. The quantitative estimate of drug-likeness (QED) is 0.182. The molecule has 0 bridgehead atoms. The van der Waals surface area contributed by atoms with Crippen molar-refractivity contribution in [2.75, 3.05) is 0 Å². The van der Waals surface area contributed by atoms with Crippen LogP contribution in [0, 0.1) is 76.5 Å². The fourth-order valence-corrected chi connectivity index (χ4v) is 7.57. The predicted octanol–water partition coefficient (Wildman–Crippen LogP) is 13.9. The van der Waals surface area contributed by atoms with Crippen LogP contribution in [-0.4, -0.2) is 0 Å². The minimum atomic E-state index is -2.13. The first-order chi connectivity index (χ1) is 22.0. The van der Waals surface area contributed by atoms with Gasteiger partial charge in [0.1, 0.15) is 0 Å². The fourth-order valence-electron chi connectivity index (χ4n) is 7.57. The summed E-state index contributed by atoms with van der Waals surface area (Å²) in [6, 6.07) is 17.1. The molecule has 6 rings (SSSR count). The molecular formula is C43H68Cl5LiZr2-. The Morgan fingerprint density at radius 3 is 1.12 bits per heavy atom. The van der Waals surface area contributed by atoms with Crippen molar-refractivity contribution >= 4 is 53.7 Å². The zero-order valence-electron chi connectivity index (χ0n) is 34.6. The smallest absolute Gasteiger partial charge is 1.00 e. The predicted molar refractivity (Wildman–Crippen MR) is 228 cm³/mol. The molecule has 2 saturated carbocycles. The molecule has 0 spiro atoms. The topological polar surface area (TPSA) is 0 Å². The van der Waals surface area contributed by atoms with Crippen LogP contribution in [0.1, 0.15) is 123 Å². The standard InChI is InChI=1S/C11H12.C11H11.2C9H18.3CH3.5ClH.Li.2Zr/c2*1-8-7-9(2)11-6-4-3-5-10(8)11;2*1-6-5-7(2)9(4)8(6)3;;;;;;;;;;;/h3-8H,1-2H3;3-8H,1H2,2H3;2*6-9H,5H2,1-4H3;3*1H3;5*1H;;;/q;-1;;;3*-1;;;;;;+1;+3;+4/p-5. The van der Waals surface area contributed by atoms with Gasteiger partial charge in [0, 0.05) is 5.92 Å². The van der Waals surface area contributed by atoms with E-state index in [1.165, 1.54) is 46.2 Å². The molecule has 0 saturated heterocycles. The van der Waals surface area contributed by atoms with Crippen LogP contribution in [0.15, 0.2) is 60.7 Å². The molecule has 10 unspecified atom stereocenters. The molecule has 4 aliphatic carbocycles. The van der Waals surface area contributed by atoms with Gasteiger partial charge in [0.2, 0.25) is 0 Å². The van der Waals surface area contributed by atoms with Gasteiger partial charge in [-0.05, 0) is 102 Å². The van der Waals surface area contributed by atoms with E-state index < -0.39 is 39.0 Å². The summed E-state index contributed by atoms with van der Waals surface area (Å²) in [4.78, 5) is 0. The molecule has 0 aromatic heterocycles. The molecule has 2 aromatic rings. The van der Waals surface area contributed by atoms with Crippen molar-refractivity contribution in [3.63, 3.8) is 0 Å². The van der Waals surface area contributed by atoms with E-state index in [1.54, 1.807) is 0 Å². The van der Waals surface area contributed by atoms with E-state index in [0.717, 1.165) is 47.3 Å². The van der Waals surface area contributed by atoms with Crippen LogP contribution in [-0.2, 0) is 39.0 Å². The molecule has 0 aliphatic heterocycles. The molecule has 51 heavy (non-hydrogen) atoms. The summed E-state index contributed by atoms with van der Waals surface area (Å²) in [5.41, 5.74) is 8.43. The van der Waals surface area contributed by atoms with Crippen molar-refractivity contribution in [3.8, 4) is 0 Å². The Morgan fingerprint density at radius 2 is 0.843 bits per heavy atom. The third-order valence-corrected chi connectivity index (χ3v) is 11.3. The maximum atomic E-state index is 5.00. The van der Waals surface area contributed by atoms with Gasteiger partial charge in [-0.1, -0.05) is 122 Å². The van der Waals surface area contributed by atoms with Crippen molar-refractivity contribution in [1.82, 2.24) is 0 Å². The van der Waals surface area contributed by atoms with Crippen LogP contribution in [0.3, 0.4) is 0 Å². The van der Waals surface area contributed by atoms with Crippen molar-refractivity contribution in [1.29, 1.82) is 0 Å². The van der Waals surface area contributed by atoms with Crippen molar-refractivity contribution < 1.29 is 57.9 Å². The Hall–Kier alpha value is 1.73. The fraction of sp³-hybridized carbons (Fsp3) is 0.535. The molecule has 0 amide bonds. The van der Waals surface area contributed by atoms with Crippen LogP contribution in [0.25, 0.3) is 11.1 Å². The van der Waals surface area contributed by atoms with Crippen LogP contribution >= 0.6 is 42.6 Å². The van der Waals surface area contributed by atoms with E-state index >= 15 is 0 Å². The molecule has 0 radical (unpaired) electrons. The first-order valence-electron chi connectivity index (χ1n) is 17.2. The zero-order valence-corrected chi connectivity index (χ0v) is 43.3. The van der Waals surface area contributed by atoms with Crippen molar-refractivity contribution in [2.45, 2.75) is 101 Å². The Balaban J connectivity index is -0.000000267. The van der Waals surface area contributed by atoms with Crippen LogP contribution in [0.2, 0.25) is 0 Å². The first kappa shape index (κ1) is 59.4. The maximum Gasteiger partial charge on any atom is 1.00 e. The van der Waals surface area contributed by atoms with Gasteiger partial charge in [0.25, 0.3) is 0 Å². The summed E-state index contributed by atoms with van der Waals surface area (Å²) in [7, 11) is 24.9. The SMILES string of the molecule is CC1=CC(C)c2ccccc21.CC1CC(C)C(C)C1C.CC1CC(C)C(C)C1C.[CH2-]C1C=C(C)c2ccccc21.[CH3-].[CH3-].[CH3-].[Cl][Zr+2][Cl].[Cl][Zr]([Cl])[Cl].[Li+]. The average Bonchev–Trinajstić information content (AvgIpc) is 3.64. The normalized spacial score (nSPS) is 28.3. The van der Waals surface area contributed by atoms with Gasteiger partial charge in [-0.3, -0.25) is 0 Å². The van der Waals surface area contributed by atoms with Crippen LogP contribution in [0.4, 0.5) is 0 Å². The molecule has 0 heterocycles. The second-order valence-electron chi connectivity index (χ2n) is 14.4. The Labute approximate surface area is 367 Å². The molecular weight excluding hydrogens is 883 g/mol. The maximum absolute atomic E-state index is 5.00. The molecule has 2 fully saturated rings. The van der Waals surface area contributed by atoms with Crippen molar-refractivity contribution in [2.24, 2.45) is 47.3 Å². The van der Waals surface area contributed by atoms with Gasteiger partial charge in [-0.25, -0.2) is 0 Å². The second-order valence-corrected chi connectivity index (χ2v) is 29.3. The van der Waals surface area contributed by atoms with E-state index in [4.69, 9.17) is 42.6 Å². The van der Waals surface area contributed by atoms with Gasteiger partial charge in [0.15, 0.2) is 0 Å². The summed E-state index contributed by atoms with van der Waals surface area (Å²) in [5, 5.41) is 0. The summed E-state index contributed by atoms with van der Waals surface area (Å²) in [5.74, 6) is 8.69. The monoisotopic (exact) mass is 946 g/mol. The van der Waals surface area contributed by atoms with Gasteiger partial charge < -0.3 is 29.2 Å². The van der Waals surface area contributed by atoms with Gasteiger partial charge in [-0.15, -0.1) is 12.0 Å². The van der Waals surface area contributed by atoms with Gasteiger partial charge in [0.05, 0.1) is 0 Å². The van der Waals surface area contributed by atoms with E-state index in [2.05, 4.69) is 144 Å². The summed E-state index contributed by atoms with van der Waals surface area (Å²) in [6.07, 6.45) is 7.43. The molecule has 0 nitrogen and oxygen atoms in total. The van der Waals surface area contributed by atoms with E-state index in [-0.39, 0.29) is 41.1 Å². The Bertz CT molecular complexity index is 1130. The van der Waals surface area contributed by atoms with Gasteiger partial charge in [-0.2, -0.15) is 0 Å². The molecule has 0 N–H and O–H groups in total. The number of halogens is 5. The first-order valence-corrected chi connectivity index (χ1v) is 33.0. The summed E-state index contributed by atoms with van der Waals surface area (Å²) in [6.45, 7) is 29.7. The third kappa shape index (κ3) is 20.1. The third-order valence-electron chi connectivity index (χ3n) is 11.3. The number of rotatable bonds is 0. The number of hydrogen-bond donors (Lipinski definition) is 0. The minimum absolute atomic E-state index is 0. The van der Waals surface area contributed by atoms with E-state index in [1.807, 2.05) is 0 Å². The largest absolute Gasteiger partial charge is 1.00 e. The number of benzene rings is 2. The van der Waals surface area contributed by atoms with Crippen LogP contribution in [0.5, 0.6) is 0 Å².